The van der Waals surface area contributed by atoms with Gasteiger partial charge >= 0.3 is 77.1 Å². The third kappa shape index (κ3) is 1.14. The normalized spacial score (nSPS) is 39.7. The third-order valence-electron chi connectivity index (χ3n) is 2.20. The topological polar surface area (TPSA) is 30.5 Å². The monoisotopic (exact) mass is 260 g/mol. The Labute approximate surface area is 78.1 Å². The maximum atomic E-state index is 13.6. The summed E-state index contributed by atoms with van der Waals surface area (Å²) in [4.78, 5) is 0. The molecule has 1 aliphatic heterocycles. The Kier molecular flexibility index (Phi) is 2.25. The van der Waals surface area contributed by atoms with Crippen LogP contribution in [-0.4, -0.2) is 30.0 Å². The summed E-state index contributed by atoms with van der Waals surface area (Å²) >= 11 is 0. The second-order valence-corrected chi connectivity index (χ2v) is 9.27. The average Bonchev–Trinajstić information content (AvgIpc) is 2.01. The Morgan fingerprint density at radius 2 is 1.29 bits per heavy atom. The summed E-state index contributed by atoms with van der Waals surface area (Å²) in [6.45, 7) is 0. The fourth-order valence-corrected chi connectivity index (χ4v) is 7.61. The van der Waals surface area contributed by atoms with E-state index >= 15 is 0 Å². The van der Waals surface area contributed by atoms with Crippen LogP contribution >= 0.6 is 15.5 Å². The number of nitrogens with zero attached hydrogens (tertiary/aromatic N) is 2. The standard InChI is InChI=1S/C3H11F5N4P2/c1-9-10-14(7,8)11(2)13(4,5,6)12(14)3/h9-10H,1-3H3. The van der Waals surface area contributed by atoms with E-state index in [1.54, 1.807) is 0 Å². The van der Waals surface area contributed by atoms with Crippen LogP contribution in [0.25, 0.3) is 0 Å². The molecular formula is C3H11F5N4P2. The summed E-state index contributed by atoms with van der Waals surface area (Å²) < 4.78 is 64.3. The molecule has 2 N–H and O–H groups in total. The SMILES string of the molecule is CNNP1(F)(F)N(C)P(F)(F)(F)N1C. The van der Waals surface area contributed by atoms with Gasteiger partial charge in [0.1, 0.15) is 0 Å². The molecule has 0 unspecified atom stereocenters. The van der Waals surface area contributed by atoms with E-state index in [1.165, 1.54) is 5.20 Å². The first kappa shape index (κ1) is 12.4. The van der Waals surface area contributed by atoms with Crippen LogP contribution < -0.4 is 10.6 Å². The molecule has 0 aliphatic carbocycles. The molecule has 0 aromatic rings. The molecule has 0 amide bonds. The molecule has 88 valence electrons. The van der Waals surface area contributed by atoms with Crippen molar-refractivity contribution < 1.29 is 21.0 Å². The van der Waals surface area contributed by atoms with Gasteiger partial charge in [-0.15, -0.1) is 0 Å². The fourth-order valence-electron chi connectivity index (χ4n) is 1.15. The van der Waals surface area contributed by atoms with Gasteiger partial charge in [0, 0.05) is 0 Å². The predicted molar refractivity (Wildman–Crippen MR) is 47.1 cm³/mol. The molecule has 1 fully saturated rings. The molecule has 0 bridgehead atoms. The van der Waals surface area contributed by atoms with Gasteiger partial charge in [0.05, 0.1) is 0 Å². The van der Waals surface area contributed by atoms with Crippen molar-refractivity contribution >= 4 is 15.5 Å². The van der Waals surface area contributed by atoms with Gasteiger partial charge in [0.2, 0.25) is 0 Å². The zero-order valence-corrected chi connectivity index (χ0v) is 9.47. The molecule has 1 aliphatic rings. The van der Waals surface area contributed by atoms with Gasteiger partial charge in [0.15, 0.2) is 0 Å². The molecule has 4 nitrogen and oxygen atoms in total. The molecule has 0 atom stereocenters. The van der Waals surface area contributed by atoms with Crippen LogP contribution in [0.3, 0.4) is 0 Å². The minimum atomic E-state index is -7.00. The van der Waals surface area contributed by atoms with Crippen LogP contribution in [0.4, 0.5) is 21.0 Å². The number of rotatable bonds is 2. The molecular weight excluding hydrogens is 249 g/mol. The first-order valence-electron chi connectivity index (χ1n) is 3.51. The molecule has 11 heteroatoms. The summed E-state index contributed by atoms with van der Waals surface area (Å²) in [5.41, 5.74) is 1.86. The van der Waals surface area contributed by atoms with Gasteiger partial charge in [-0.2, -0.15) is 0 Å². The molecule has 1 saturated heterocycles. The third-order valence-corrected chi connectivity index (χ3v) is 10.1. The van der Waals surface area contributed by atoms with Crippen LogP contribution in [0.1, 0.15) is 0 Å². The van der Waals surface area contributed by atoms with Crippen LogP contribution in [0.15, 0.2) is 0 Å². The van der Waals surface area contributed by atoms with E-state index in [2.05, 4.69) is 0 Å². The van der Waals surface area contributed by atoms with Crippen LogP contribution in [-0.2, 0) is 0 Å². The van der Waals surface area contributed by atoms with Gasteiger partial charge in [-0.25, -0.2) is 0 Å². The zero-order chi connectivity index (χ0) is 11.5. The van der Waals surface area contributed by atoms with Crippen molar-refractivity contribution in [3.63, 3.8) is 0 Å². The number of nitrogens with one attached hydrogen (secondary N) is 2. The van der Waals surface area contributed by atoms with E-state index in [9.17, 15) is 21.0 Å². The number of halogens is 5. The Balaban J connectivity index is 3.11. The van der Waals surface area contributed by atoms with E-state index in [0.717, 1.165) is 7.05 Å². The molecule has 1 rings (SSSR count). The fraction of sp³-hybridized carbons (Fsp3) is 1.00. The molecule has 14 heavy (non-hydrogen) atoms. The first-order valence-corrected chi connectivity index (χ1v) is 7.25. The maximum absolute atomic E-state index is 13.6. The van der Waals surface area contributed by atoms with E-state index in [1.807, 2.05) is 5.43 Å². The molecule has 0 aromatic carbocycles. The van der Waals surface area contributed by atoms with Crippen LogP contribution in [0, 0.1) is 0 Å². The zero-order valence-electron chi connectivity index (χ0n) is 7.68. The number of hydrazine groups is 1. The van der Waals surface area contributed by atoms with Gasteiger partial charge in [-0.05, 0) is 0 Å². The Morgan fingerprint density at radius 3 is 1.57 bits per heavy atom. The van der Waals surface area contributed by atoms with E-state index in [0.29, 0.717) is 14.1 Å². The molecule has 1 heterocycles. The van der Waals surface area contributed by atoms with Crippen LogP contribution in [0.2, 0.25) is 0 Å². The Morgan fingerprint density at radius 1 is 0.929 bits per heavy atom. The van der Waals surface area contributed by atoms with Crippen molar-refractivity contribution in [1.82, 2.24) is 19.5 Å². The van der Waals surface area contributed by atoms with Gasteiger partial charge in [-0.1, -0.05) is 0 Å². The van der Waals surface area contributed by atoms with Crippen molar-refractivity contribution in [1.29, 1.82) is 0 Å². The number of hydrogen-bond acceptors (Lipinski definition) is 4. The van der Waals surface area contributed by atoms with Crippen molar-refractivity contribution in [3.05, 3.63) is 0 Å². The average molecular weight is 260 g/mol. The summed E-state index contributed by atoms with van der Waals surface area (Å²) in [5, 5.41) is 1.43. The predicted octanol–water partition coefficient (Wildman–Crippen LogP) is 2.69. The van der Waals surface area contributed by atoms with Crippen LogP contribution in [0.5, 0.6) is 0 Å². The number of hydrogen-bond donors (Lipinski definition) is 2. The summed E-state index contributed by atoms with van der Waals surface area (Å²) in [7, 11) is -11.3. The molecule has 0 saturated carbocycles. The van der Waals surface area contributed by atoms with E-state index < -0.39 is 24.4 Å². The van der Waals surface area contributed by atoms with Crippen molar-refractivity contribution in [2.75, 3.05) is 21.1 Å². The minimum absolute atomic E-state index is 0.375. The second-order valence-electron chi connectivity index (χ2n) is 2.90. The van der Waals surface area contributed by atoms with Gasteiger partial charge in [-0.3, -0.25) is 0 Å². The molecule has 0 aromatic heterocycles. The Hall–Kier alpha value is 0.350. The van der Waals surface area contributed by atoms with Gasteiger partial charge in [0.25, 0.3) is 0 Å². The molecule has 0 radical (unpaired) electrons. The Bertz CT molecular complexity index is 258. The summed E-state index contributed by atoms with van der Waals surface area (Å²) in [6, 6.07) is 0. The summed E-state index contributed by atoms with van der Waals surface area (Å²) in [6.07, 6.45) is 0. The quantitative estimate of drug-likeness (QED) is 0.454. The first-order chi connectivity index (χ1) is 5.95. The van der Waals surface area contributed by atoms with Crippen molar-refractivity contribution in [3.8, 4) is 0 Å². The second kappa shape index (κ2) is 2.53. The summed E-state index contributed by atoms with van der Waals surface area (Å²) in [5.74, 6) is 0. The van der Waals surface area contributed by atoms with E-state index in [-0.39, 0.29) is 0 Å². The van der Waals surface area contributed by atoms with Crippen molar-refractivity contribution in [2.24, 2.45) is 0 Å². The molecule has 0 spiro atoms. The van der Waals surface area contributed by atoms with E-state index in [4.69, 9.17) is 0 Å². The van der Waals surface area contributed by atoms with Gasteiger partial charge < -0.3 is 0 Å². The van der Waals surface area contributed by atoms with Crippen molar-refractivity contribution in [2.45, 2.75) is 0 Å².